The molecule has 0 aliphatic heterocycles. The second kappa shape index (κ2) is 5.40. The van der Waals surface area contributed by atoms with Crippen molar-refractivity contribution in [3.8, 4) is 0 Å². The number of carbonyl (C=O) groups excluding carboxylic acids is 1. The molecule has 4 nitrogen and oxygen atoms in total. The smallest absolute Gasteiger partial charge is 0.274 e. The van der Waals surface area contributed by atoms with Gasteiger partial charge in [-0.05, 0) is 49.2 Å². The molecule has 2 aromatic rings. The number of aryl methyl sites for hydroxylation is 2. The topological polar surface area (TPSA) is 68.0 Å². The van der Waals surface area contributed by atoms with Crippen molar-refractivity contribution in [1.29, 1.82) is 0 Å². The maximum Gasteiger partial charge on any atom is 0.274 e. The number of carbonyl (C=O) groups is 1. The molecule has 0 radical (unpaired) electrons. The Kier molecular flexibility index (Phi) is 3.85. The highest BCUT2D eigenvalue weighted by atomic mass is 79.9. The molecule has 98 valence electrons. The molecule has 1 aromatic carbocycles. The lowest BCUT2D eigenvalue weighted by atomic mass is 10.1. The molecule has 1 heterocycles. The summed E-state index contributed by atoms with van der Waals surface area (Å²) in [5.41, 5.74) is 9.33. The SMILES string of the molecule is Cc1cc(NC(=O)c2cc(N)ccn2)cc(C)c1Br. The Balaban J connectivity index is 2.24. The molecule has 3 N–H and O–H groups in total. The largest absolute Gasteiger partial charge is 0.399 e. The molecular weight excluding hydrogens is 306 g/mol. The summed E-state index contributed by atoms with van der Waals surface area (Å²) in [6.45, 7) is 3.96. The van der Waals surface area contributed by atoms with E-state index in [1.54, 1.807) is 12.1 Å². The molecule has 0 atom stereocenters. The summed E-state index contributed by atoms with van der Waals surface area (Å²) in [5, 5.41) is 2.82. The Bertz CT molecular complexity index is 617. The number of anilines is 2. The maximum absolute atomic E-state index is 12.0. The van der Waals surface area contributed by atoms with E-state index in [1.807, 2.05) is 26.0 Å². The Labute approximate surface area is 120 Å². The zero-order valence-electron chi connectivity index (χ0n) is 10.7. The van der Waals surface area contributed by atoms with Crippen molar-refractivity contribution < 1.29 is 4.79 Å². The summed E-state index contributed by atoms with van der Waals surface area (Å²) in [6.07, 6.45) is 1.52. The third kappa shape index (κ3) is 3.12. The zero-order chi connectivity index (χ0) is 14.0. The molecule has 0 spiro atoms. The van der Waals surface area contributed by atoms with Crippen LogP contribution in [-0.2, 0) is 0 Å². The minimum Gasteiger partial charge on any atom is -0.399 e. The van der Waals surface area contributed by atoms with Crippen LogP contribution in [0.15, 0.2) is 34.9 Å². The highest BCUT2D eigenvalue weighted by Crippen LogP contribution is 2.25. The molecule has 0 saturated heterocycles. The fraction of sp³-hybridized carbons (Fsp3) is 0.143. The average molecular weight is 320 g/mol. The van der Waals surface area contributed by atoms with Gasteiger partial charge in [0.15, 0.2) is 0 Å². The second-order valence-corrected chi connectivity index (χ2v) is 5.15. The van der Waals surface area contributed by atoms with E-state index in [1.165, 1.54) is 6.20 Å². The first-order valence-electron chi connectivity index (χ1n) is 5.77. The number of amides is 1. The molecule has 1 amide bonds. The fourth-order valence-electron chi connectivity index (χ4n) is 1.78. The van der Waals surface area contributed by atoms with E-state index in [2.05, 4.69) is 26.2 Å². The van der Waals surface area contributed by atoms with Gasteiger partial charge < -0.3 is 11.1 Å². The number of aromatic nitrogens is 1. The van der Waals surface area contributed by atoms with E-state index >= 15 is 0 Å². The monoisotopic (exact) mass is 319 g/mol. The Morgan fingerprint density at radius 1 is 1.26 bits per heavy atom. The van der Waals surface area contributed by atoms with Gasteiger partial charge in [-0.15, -0.1) is 0 Å². The molecule has 0 fully saturated rings. The van der Waals surface area contributed by atoms with Gasteiger partial charge in [0.1, 0.15) is 5.69 Å². The fourth-order valence-corrected chi connectivity index (χ4v) is 2.01. The molecule has 0 bridgehead atoms. The first kappa shape index (κ1) is 13.5. The van der Waals surface area contributed by atoms with Gasteiger partial charge in [0, 0.05) is 22.0 Å². The number of nitrogen functional groups attached to an aromatic ring is 1. The van der Waals surface area contributed by atoms with E-state index in [4.69, 9.17) is 5.73 Å². The van der Waals surface area contributed by atoms with E-state index in [0.717, 1.165) is 21.3 Å². The summed E-state index contributed by atoms with van der Waals surface area (Å²) in [4.78, 5) is 16.0. The van der Waals surface area contributed by atoms with Crippen molar-refractivity contribution >= 4 is 33.2 Å². The van der Waals surface area contributed by atoms with Crippen LogP contribution >= 0.6 is 15.9 Å². The standard InChI is InChI=1S/C14H14BrN3O/c1-8-5-11(6-9(2)13(8)15)18-14(19)12-7-10(16)3-4-17-12/h3-7H,1-2H3,(H2,16,17)(H,18,19). The van der Waals surface area contributed by atoms with Gasteiger partial charge in [-0.25, -0.2) is 0 Å². The van der Waals surface area contributed by atoms with Crippen LogP contribution in [0.1, 0.15) is 21.6 Å². The molecule has 1 aromatic heterocycles. The molecule has 5 heteroatoms. The summed E-state index contributed by atoms with van der Waals surface area (Å²) in [6, 6.07) is 7.00. The van der Waals surface area contributed by atoms with Gasteiger partial charge in [0.05, 0.1) is 0 Å². The number of halogens is 1. The number of nitrogens with zero attached hydrogens (tertiary/aromatic N) is 1. The van der Waals surface area contributed by atoms with Crippen molar-refractivity contribution in [3.63, 3.8) is 0 Å². The van der Waals surface area contributed by atoms with Crippen molar-refractivity contribution in [3.05, 3.63) is 51.8 Å². The highest BCUT2D eigenvalue weighted by molar-refractivity contribution is 9.10. The number of benzene rings is 1. The number of rotatable bonds is 2. The summed E-state index contributed by atoms with van der Waals surface area (Å²) < 4.78 is 1.05. The minimum absolute atomic E-state index is 0.270. The normalized spacial score (nSPS) is 10.3. The third-order valence-corrected chi connectivity index (χ3v) is 3.96. The van der Waals surface area contributed by atoms with Gasteiger partial charge >= 0.3 is 0 Å². The van der Waals surface area contributed by atoms with Crippen molar-refractivity contribution in [1.82, 2.24) is 4.98 Å². The highest BCUT2D eigenvalue weighted by Gasteiger charge is 2.09. The van der Waals surface area contributed by atoms with Crippen LogP contribution < -0.4 is 11.1 Å². The summed E-state index contributed by atoms with van der Waals surface area (Å²) >= 11 is 3.49. The van der Waals surface area contributed by atoms with Crippen LogP contribution in [0.4, 0.5) is 11.4 Å². The van der Waals surface area contributed by atoms with E-state index in [-0.39, 0.29) is 5.91 Å². The maximum atomic E-state index is 12.0. The van der Waals surface area contributed by atoms with Gasteiger partial charge in [-0.2, -0.15) is 0 Å². The Morgan fingerprint density at radius 2 is 1.89 bits per heavy atom. The average Bonchev–Trinajstić information content (AvgIpc) is 2.36. The van der Waals surface area contributed by atoms with Crippen molar-refractivity contribution in [2.75, 3.05) is 11.1 Å². The van der Waals surface area contributed by atoms with Crippen LogP contribution in [0.5, 0.6) is 0 Å². The molecule has 0 saturated carbocycles. The molecule has 0 unspecified atom stereocenters. The lowest BCUT2D eigenvalue weighted by molar-refractivity contribution is 0.102. The Hall–Kier alpha value is -1.88. The summed E-state index contributed by atoms with van der Waals surface area (Å²) in [5.74, 6) is -0.270. The van der Waals surface area contributed by atoms with Crippen LogP contribution in [0.25, 0.3) is 0 Å². The molecular formula is C14H14BrN3O. The van der Waals surface area contributed by atoms with Gasteiger partial charge in [0.2, 0.25) is 0 Å². The lowest BCUT2D eigenvalue weighted by Crippen LogP contribution is -2.14. The van der Waals surface area contributed by atoms with E-state index < -0.39 is 0 Å². The quantitative estimate of drug-likeness (QED) is 0.892. The minimum atomic E-state index is -0.270. The first-order valence-corrected chi connectivity index (χ1v) is 6.56. The molecule has 2 rings (SSSR count). The lowest BCUT2D eigenvalue weighted by Gasteiger charge is -2.09. The van der Waals surface area contributed by atoms with Crippen LogP contribution in [0, 0.1) is 13.8 Å². The molecule has 0 aliphatic rings. The van der Waals surface area contributed by atoms with Gasteiger partial charge in [0.25, 0.3) is 5.91 Å². The van der Waals surface area contributed by atoms with Gasteiger partial charge in [-0.1, -0.05) is 15.9 Å². The number of nitrogens with two attached hydrogens (primary N) is 1. The van der Waals surface area contributed by atoms with Crippen molar-refractivity contribution in [2.24, 2.45) is 0 Å². The number of pyridine rings is 1. The van der Waals surface area contributed by atoms with Crippen LogP contribution in [0.2, 0.25) is 0 Å². The third-order valence-electron chi connectivity index (χ3n) is 2.71. The molecule has 0 aliphatic carbocycles. The Morgan fingerprint density at radius 3 is 2.47 bits per heavy atom. The number of hydrogen-bond donors (Lipinski definition) is 2. The summed E-state index contributed by atoms with van der Waals surface area (Å²) in [7, 11) is 0. The second-order valence-electron chi connectivity index (χ2n) is 4.35. The number of nitrogens with one attached hydrogen (secondary N) is 1. The predicted molar refractivity (Wildman–Crippen MR) is 80.2 cm³/mol. The van der Waals surface area contributed by atoms with E-state index in [0.29, 0.717) is 11.4 Å². The molecule has 19 heavy (non-hydrogen) atoms. The first-order chi connectivity index (χ1) is 8.97. The van der Waals surface area contributed by atoms with Gasteiger partial charge in [-0.3, -0.25) is 9.78 Å². The van der Waals surface area contributed by atoms with Crippen LogP contribution in [-0.4, -0.2) is 10.9 Å². The predicted octanol–water partition coefficient (Wildman–Crippen LogP) is 3.30. The van der Waals surface area contributed by atoms with Crippen LogP contribution in [0.3, 0.4) is 0 Å². The van der Waals surface area contributed by atoms with E-state index in [9.17, 15) is 4.79 Å². The number of hydrogen-bond acceptors (Lipinski definition) is 3. The zero-order valence-corrected chi connectivity index (χ0v) is 12.3. The van der Waals surface area contributed by atoms with Crippen molar-refractivity contribution in [2.45, 2.75) is 13.8 Å².